The summed E-state index contributed by atoms with van der Waals surface area (Å²) in [6.07, 6.45) is 1.96. The Bertz CT molecular complexity index is 425. The Balaban J connectivity index is 2.09. The van der Waals surface area contributed by atoms with Gasteiger partial charge in [-0.25, -0.2) is 4.79 Å². The third-order valence-corrected chi connectivity index (χ3v) is 3.41. The van der Waals surface area contributed by atoms with Crippen LogP contribution in [0.25, 0.3) is 0 Å². The first-order valence-electron chi connectivity index (χ1n) is 6.30. The molecule has 1 aromatic rings. The van der Waals surface area contributed by atoms with Crippen LogP contribution >= 0.6 is 0 Å². The van der Waals surface area contributed by atoms with Crippen LogP contribution in [0.2, 0.25) is 0 Å². The fourth-order valence-electron chi connectivity index (χ4n) is 2.09. The van der Waals surface area contributed by atoms with E-state index in [4.69, 9.17) is 4.74 Å². The minimum absolute atomic E-state index is 0.224. The van der Waals surface area contributed by atoms with Crippen LogP contribution in [-0.4, -0.2) is 23.2 Å². The number of carboxylic acid groups (broad SMARTS) is 1. The molecule has 1 aromatic carbocycles. The molecule has 0 heterocycles. The van der Waals surface area contributed by atoms with Crippen LogP contribution in [0.3, 0.4) is 0 Å². The van der Waals surface area contributed by atoms with E-state index < -0.39 is 11.5 Å². The molecule has 2 rings (SSSR count). The standard InChI is InChI=1S/C14H19NO3/c1-3-18-12-8-6-11(7-9-12)15-14(2,13(16)17)10-4-5-10/h6-10,15H,3-5H2,1-2H3,(H,16,17). The minimum Gasteiger partial charge on any atom is -0.494 e. The van der Waals surface area contributed by atoms with Crippen molar-refractivity contribution >= 4 is 11.7 Å². The third-order valence-electron chi connectivity index (χ3n) is 3.41. The van der Waals surface area contributed by atoms with Crippen molar-refractivity contribution in [1.29, 1.82) is 0 Å². The molecule has 2 N–H and O–H groups in total. The lowest BCUT2D eigenvalue weighted by Gasteiger charge is -2.27. The van der Waals surface area contributed by atoms with E-state index in [2.05, 4.69) is 5.32 Å². The average molecular weight is 249 g/mol. The fraction of sp³-hybridized carbons (Fsp3) is 0.500. The van der Waals surface area contributed by atoms with Crippen LogP contribution in [0.15, 0.2) is 24.3 Å². The quantitative estimate of drug-likeness (QED) is 0.814. The summed E-state index contributed by atoms with van der Waals surface area (Å²) in [5, 5.41) is 12.5. The molecule has 18 heavy (non-hydrogen) atoms. The Morgan fingerprint density at radius 2 is 2.06 bits per heavy atom. The maximum absolute atomic E-state index is 11.4. The summed E-state index contributed by atoms with van der Waals surface area (Å²) in [4.78, 5) is 11.4. The highest BCUT2D eigenvalue weighted by molar-refractivity contribution is 5.83. The molecule has 1 saturated carbocycles. The van der Waals surface area contributed by atoms with Crippen molar-refractivity contribution in [3.05, 3.63) is 24.3 Å². The second kappa shape index (κ2) is 4.88. The molecule has 0 spiro atoms. The highest BCUT2D eigenvalue weighted by Gasteiger charge is 2.47. The van der Waals surface area contributed by atoms with Gasteiger partial charge in [0.25, 0.3) is 0 Å². The molecule has 4 heteroatoms. The molecule has 1 aliphatic rings. The van der Waals surface area contributed by atoms with Crippen LogP contribution in [0.5, 0.6) is 5.75 Å². The summed E-state index contributed by atoms with van der Waals surface area (Å²) < 4.78 is 5.35. The van der Waals surface area contributed by atoms with Gasteiger partial charge >= 0.3 is 5.97 Å². The predicted molar refractivity (Wildman–Crippen MR) is 70.0 cm³/mol. The lowest BCUT2D eigenvalue weighted by atomic mass is 9.95. The lowest BCUT2D eigenvalue weighted by molar-refractivity contribution is -0.142. The number of benzene rings is 1. The number of carboxylic acids is 1. The zero-order valence-electron chi connectivity index (χ0n) is 10.8. The molecule has 0 aliphatic heterocycles. The third kappa shape index (κ3) is 2.58. The van der Waals surface area contributed by atoms with Crippen molar-refractivity contribution in [1.82, 2.24) is 0 Å². The van der Waals surface area contributed by atoms with E-state index in [1.54, 1.807) is 6.92 Å². The van der Waals surface area contributed by atoms with E-state index in [-0.39, 0.29) is 5.92 Å². The number of anilines is 1. The molecule has 1 atom stereocenters. The smallest absolute Gasteiger partial charge is 0.329 e. The van der Waals surface area contributed by atoms with E-state index in [1.807, 2.05) is 31.2 Å². The highest BCUT2D eigenvalue weighted by Crippen LogP contribution is 2.41. The molecule has 0 radical (unpaired) electrons. The van der Waals surface area contributed by atoms with E-state index in [9.17, 15) is 9.90 Å². The van der Waals surface area contributed by atoms with Crippen molar-refractivity contribution in [3.63, 3.8) is 0 Å². The number of hydrogen-bond donors (Lipinski definition) is 2. The molecule has 1 unspecified atom stereocenters. The zero-order chi connectivity index (χ0) is 13.2. The minimum atomic E-state index is -0.868. The molecular formula is C14H19NO3. The Labute approximate surface area is 107 Å². The van der Waals surface area contributed by atoms with E-state index in [0.717, 1.165) is 24.3 Å². The molecule has 1 fully saturated rings. The van der Waals surface area contributed by atoms with Gasteiger partial charge in [-0.1, -0.05) is 0 Å². The molecule has 1 aliphatic carbocycles. The van der Waals surface area contributed by atoms with Crippen LogP contribution in [0.1, 0.15) is 26.7 Å². The monoisotopic (exact) mass is 249 g/mol. The van der Waals surface area contributed by atoms with Crippen LogP contribution < -0.4 is 10.1 Å². The largest absolute Gasteiger partial charge is 0.494 e. The molecule has 98 valence electrons. The van der Waals surface area contributed by atoms with Crippen molar-refractivity contribution < 1.29 is 14.6 Å². The van der Waals surface area contributed by atoms with Gasteiger partial charge in [-0.15, -0.1) is 0 Å². The molecular weight excluding hydrogens is 230 g/mol. The number of nitrogens with one attached hydrogen (secondary N) is 1. The highest BCUT2D eigenvalue weighted by atomic mass is 16.5. The lowest BCUT2D eigenvalue weighted by Crippen LogP contribution is -2.45. The molecule has 0 bridgehead atoms. The van der Waals surface area contributed by atoms with Crippen molar-refractivity contribution in [3.8, 4) is 5.75 Å². The van der Waals surface area contributed by atoms with Crippen LogP contribution in [0.4, 0.5) is 5.69 Å². The van der Waals surface area contributed by atoms with E-state index in [0.29, 0.717) is 6.61 Å². The van der Waals surface area contributed by atoms with Gasteiger partial charge in [-0.05, 0) is 56.9 Å². The predicted octanol–water partition coefficient (Wildman–Crippen LogP) is 2.75. The Kier molecular flexibility index (Phi) is 3.45. The summed E-state index contributed by atoms with van der Waals surface area (Å²) in [6, 6.07) is 7.41. The molecule has 0 amide bonds. The van der Waals surface area contributed by atoms with Crippen LogP contribution in [-0.2, 0) is 4.79 Å². The maximum atomic E-state index is 11.4. The van der Waals surface area contributed by atoms with E-state index in [1.165, 1.54) is 0 Å². The van der Waals surface area contributed by atoms with Gasteiger partial charge in [0.15, 0.2) is 0 Å². The van der Waals surface area contributed by atoms with Crippen LogP contribution in [0, 0.1) is 5.92 Å². The molecule has 0 aromatic heterocycles. The number of rotatable bonds is 6. The first kappa shape index (κ1) is 12.7. The van der Waals surface area contributed by atoms with Gasteiger partial charge in [0.1, 0.15) is 11.3 Å². The normalized spacial score (nSPS) is 17.9. The first-order valence-corrected chi connectivity index (χ1v) is 6.30. The van der Waals surface area contributed by atoms with Crippen molar-refractivity contribution in [2.45, 2.75) is 32.2 Å². The van der Waals surface area contributed by atoms with Gasteiger partial charge in [-0.2, -0.15) is 0 Å². The Morgan fingerprint density at radius 3 is 2.50 bits per heavy atom. The Hall–Kier alpha value is -1.71. The first-order chi connectivity index (χ1) is 8.56. The number of aliphatic carboxylic acids is 1. The summed E-state index contributed by atoms with van der Waals surface area (Å²) in [5.41, 5.74) is -0.0529. The summed E-state index contributed by atoms with van der Waals surface area (Å²) in [7, 11) is 0. The van der Waals surface area contributed by atoms with Gasteiger partial charge in [-0.3, -0.25) is 0 Å². The topological polar surface area (TPSA) is 58.6 Å². The van der Waals surface area contributed by atoms with E-state index >= 15 is 0 Å². The Morgan fingerprint density at radius 1 is 1.44 bits per heavy atom. The molecule has 4 nitrogen and oxygen atoms in total. The van der Waals surface area contributed by atoms with Crippen molar-refractivity contribution in [2.24, 2.45) is 5.92 Å². The summed E-state index contributed by atoms with van der Waals surface area (Å²) >= 11 is 0. The van der Waals surface area contributed by atoms with Gasteiger partial charge in [0.05, 0.1) is 6.61 Å². The van der Waals surface area contributed by atoms with Crippen molar-refractivity contribution in [2.75, 3.05) is 11.9 Å². The average Bonchev–Trinajstić information content (AvgIpc) is 3.16. The SMILES string of the molecule is CCOc1ccc(NC(C)(C(=O)O)C2CC2)cc1. The second-order valence-corrected chi connectivity index (χ2v) is 4.86. The molecule has 0 saturated heterocycles. The number of hydrogen-bond acceptors (Lipinski definition) is 3. The zero-order valence-corrected chi connectivity index (χ0v) is 10.8. The maximum Gasteiger partial charge on any atom is 0.329 e. The second-order valence-electron chi connectivity index (χ2n) is 4.86. The number of carbonyl (C=O) groups is 1. The van der Waals surface area contributed by atoms with Gasteiger partial charge in [0.2, 0.25) is 0 Å². The van der Waals surface area contributed by atoms with Gasteiger partial charge < -0.3 is 15.2 Å². The summed E-state index contributed by atoms with van der Waals surface area (Å²) in [6.45, 7) is 4.31. The number of ether oxygens (including phenoxy) is 1. The summed E-state index contributed by atoms with van der Waals surface area (Å²) in [5.74, 6) is 0.229. The van der Waals surface area contributed by atoms with Gasteiger partial charge in [0, 0.05) is 5.69 Å². The fourth-order valence-corrected chi connectivity index (χ4v) is 2.09.